The summed E-state index contributed by atoms with van der Waals surface area (Å²) in [5, 5.41) is 9.35. The summed E-state index contributed by atoms with van der Waals surface area (Å²) >= 11 is 0. The monoisotopic (exact) mass is 302 g/mol. The van der Waals surface area contributed by atoms with E-state index in [0.717, 1.165) is 12.8 Å². The number of carbonyl (C=O) groups excluding carboxylic acids is 1. The van der Waals surface area contributed by atoms with Gasteiger partial charge in [0, 0.05) is 18.8 Å². The number of hydrogen-bond donors (Lipinski definition) is 2. The number of pyridine rings is 1. The Balaban J connectivity index is 1.52. The van der Waals surface area contributed by atoms with Crippen molar-refractivity contribution in [3.05, 3.63) is 34.4 Å². The first-order chi connectivity index (χ1) is 10.7. The topological polar surface area (TPSA) is 88.5 Å². The first kappa shape index (κ1) is 13.5. The molecule has 4 rings (SSSR count). The molecule has 22 heavy (non-hydrogen) atoms. The Hall–Kier alpha value is -2.15. The van der Waals surface area contributed by atoms with Gasteiger partial charge in [0.2, 0.25) is 0 Å². The first-order valence-corrected chi connectivity index (χ1v) is 7.70. The zero-order chi connectivity index (χ0) is 15.1. The summed E-state index contributed by atoms with van der Waals surface area (Å²) in [5.74, 6) is 0.485. The number of rotatable bonds is 3. The molecule has 2 aromatic rings. The summed E-state index contributed by atoms with van der Waals surface area (Å²) in [7, 11) is 0. The lowest BCUT2D eigenvalue weighted by Gasteiger charge is -2.30. The molecule has 2 N–H and O–H groups in total. The molecule has 1 saturated carbocycles. The standard InChI is InChI=1S/C15H18N4O3/c20-14(11-2-1-6-19-13(11)17-18-15(19)21)16-10-5-7-22-12(8-10)9-3-4-9/h1-2,6,9-10,12H,3-5,7-8H2,(H,16,20)(H,18,21). The molecular weight excluding hydrogens is 284 g/mol. The van der Waals surface area contributed by atoms with Crippen molar-refractivity contribution >= 4 is 11.6 Å². The molecule has 2 fully saturated rings. The molecule has 2 aromatic heterocycles. The van der Waals surface area contributed by atoms with Crippen molar-refractivity contribution in [1.82, 2.24) is 19.9 Å². The molecule has 7 heteroatoms. The Bertz CT molecular complexity index is 761. The van der Waals surface area contributed by atoms with Crippen LogP contribution in [-0.2, 0) is 4.74 Å². The highest BCUT2D eigenvalue weighted by molar-refractivity contribution is 5.99. The van der Waals surface area contributed by atoms with Crippen molar-refractivity contribution in [2.75, 3.05) is 6.61 Å². The zero-order valence-corrected chi connectivity index (χ0v) is 12.1. The van der Waals surface area contributed by atoms with Gasteiger partial charge in [0.1, 0.15) is 0 Å². The van der Waals surface area contributed by atoms with Crippen LogP contribution in [0.2, 0.25) is 0 Å². The molecule has 2 aliphatic rings. The maximum atomic E-state index is 12.5. The highest BCUT2D eigenvalue weighted by atomic mass is 16.5. The fourth-order valence-electron chi connectivity index (χ4n) is 3.13. The van der Waals surface area contributed by atoms with Crippen LogP contribution in [0.5, 0.6) is 0 Å². The van der Waals surface area contributed by atoms with E-state index >= 15 is 0 Å². The lowest BCUT2D eigenvalue weighted by molar-refractivity contribution is -0.0102. The maximum absolute atomic E-state index is 12.5. The van der Waals surface area contributed by atoms with Gasteiger partial charge < -0.3 is 10.1 Å². The summed E-state index contributed by atoms with van der Waals surface area (Å²) in [6.07, 6.45) is 6.04. The fourth-order valence-corrected chi connectivity index (χ4v) is 3.13. The van der Waals surface area contributed by atoms with Crippen LogP contribution in [0.1, 0.15) is 36.0 Å². The van der Waals surface area contributed by atoms with E-state index in [2.05, 4.69) is 15.5 Å². The molecule has 1 aliphatic heterocycles. The van der Waals surface area contributed by atoms with Crippen LogP contribution in [0.3, 0.4) is 0 Å². The molecule has 116 valence electrons. The summed E-state index contributed by atoms with van der Waals surface area (Å²) in [6.45, 7) is 0.693. The number of H-pyrrole nitrogens is 1. The summed E-state index contributed by atoms with van der Waals surface area (Å²) in [4.78, 5) is 24.1. The Labute approximate surface area is 126 Å². The molecule has 1 saturated heterocycles. The van der Waals surface area contributed by atoms with Crippen LogP contribution in [0.4, 0.5) is 0 Å². The van der Waals surface area contributed by atoms with E-state index in [1.54, 1.807) is 18.3 Å². The first-order valence-electron chi connectivity index (χ1n) is 7.70. The fraction of sp³-hybridized carbons (Fsp3) is 0.533. The summed E-state index contributed by atoms with van der Waals surface area (Å²) < 4.78 is 7.12. The van der Waals surface area contributed by atoms with E-state index in [9.17, 15) is 9.59 Å². The zero-order valence-electron chi connectivity index (χ0n) is 12.1. The van der Waals surface area contributed by atoms with E-state index in [-0.39, 0.29) is 23.7 Å². The van der Waals surface area contributed by atoms with Crippen molar-refractivity contribution in [2.24, 2.45) is 5.92 Å². The predicted octanol–water partition coefficient (Wildman–Crippen LogP) is 0.710. The van der Waals surface area contributed by atoms with Gasteiger partial charge in [0.05, 0.1) is 11.7 Å². The van der Waals surface area contributed by atoms with Crippen molar-refractivity contribution < 1.29 is 9.53 Å². The van der Waals surface area contributed by atoms with Gasteiger partial charge in [0.15, 0.2) is 5.65 Å². The predicted molar refractivity (Wildman–Crippen MR) is 78.8 cm³/mol. The molecule has 1 amide bonds. The Kier molecular flexibility index (Phi) is 3.22. The van der Waals surface area contributed by atoms with E-state index in [0.29, 0.717) is 23.7 Å². The second-order valence-corrected chi connectivity index (χ2v) is 6.09. The number of ether oxygens (including phenoxy) is 1. The molecule has 2 atom stereocenters. The van der Waals surface area contributed by atoms with Crippen molar-refractivity contribution in [3.8, 4) is 0 Å². The number of fused-ring (bicyclic) bond motifs is 1. The molecule has 0 spiro atoms. The molecule has 0 bridgehead atoms. The van der Waals surface area contributed by atoms with Crippen LogP contribution in [0.25, 0.3) is 5.65 Å². The number of aromatic nitrogens is 3. The van der Waals surface area contributed by atoms with Gasteiger partial charge in [-0.05, 0) is 43.7 Å². The third kappa shape index (κ3) is 2.41. The van der Waals surface area contributed by atoms with Crippen molar-refractivity contribution in [1.29, 1.82) is 0 Å². The minimum absolute atomic E-state index is 0.123. The highest BCUT2D eigenvalue weighted by Gasteiger charge is 2.36. The third-order valence-electron chi connectivity index (χ3n) is 4.49. The summed E-state index contributed by atoms with van der Waals surface area (Å²) in [5.41, 5.74) is 0.427. The third-order valence-corrected chi connectivity index (χ3v) is 4.49. The van der Waals surface area contributed by atoms with Crippen molar-refractivity contribution in [3.63, 3.8) is 0 Å². The van der Waals surface area contributed by atoms with Gasteiger partial charge in [-0.15, -0.1) is 0 Å². The number of aromatic amines is 1. The normalized spacial score (nSPS) is 25.3. The van der Waals surface area contributed by atoms with Gasteiger partial charge in [0.25, 0.3) is 5.91 Å². The Morgan fingerprint density at radius 1 is 1.41 bits per heavy atom. The van der Waals surface area contributed by atoms with Gasteiger partial charge in [-0.3, -0.25) is 4.79 Å². The lowest BCUT2D eigenvalue weighted by Crippen LogP contribution is -2.42. The van der Waals surface area contributed by atoms with Gasteiger partial charge in [-0.25, -0.2) is 14.3 Å². The SMILES string of the molecule is O=C(NC1CCOC(C2CC2)C1)c1cccn2c(=O)[nH]nc12. The Morgan fingerprint density at radius 3 is 3.09 bits per heavy atom. The second-order valence-electron chi connectivity index (χ2n) is 6.09. The lowest BCUT2D eigenvalue weighted by atomic mass is 10.00. The average Bonchev–Trinajstić information content (AvgIpc) is 3.32. The van der Waals surface area contributed by atoms with Gasteiger partial charge in [-0.1, -0.05) is 0 Å². The number of amides is 1. The number of nitrogens with one attached hydrogen (secondary N) is 2. The molecule has 0 aromatic carbocycles. The van der Waals surface area contributed by atoms with E-state index in [1.807, 2.05) is 0 Å². The number of nitrogens with zero attached hydrogens (tertiary/aromatic N) is 2. The average molecular weight is 302 g/mol. The van der Waals surface area contributed by atoms with Gasteiger partial charge >= 0.3 is 5.69 Å². The smallest absolute Gasteiger partial charge is 0.347 e. The largest absolute Gasteiger partial charge is 0.378 e. The molecule has 3 heterocycles. The number of carbonyl (C=O) groups is 1. The molecular formula is C15H18N4O3. The van der Waals surface area contributed by atoms with Crippen LogP contribution in [-0.4, -0.2) is 39.3 Å². The molecule has 2 unspecified atom stereocenters. The van der Waals surface area contributed by atoms with Crippen LogP contribution < -0.4 is 11.0 Å². The van der Waals surface area contributed by atoms with E-state index in [4.69, 9.17) is 4.74 Å². The van der Waals surface area contributed by atoms with E-state index < -0.39 is 0 Å². The van der Waals surface area contributed by atoms with E-state index in [1.165, 1.54) is 17.2 Å². The molecule has 0 radical (unpaired) electrons. The Morgan fingerprint density at radius 2 is 2.27 bits per heavy atom. The maximum Gasteiger partial charge on any atom is 0.347 e. The van der Waals surface area contributed by atoms with Crippen LogP contribution in [0.15, 0.2) is 23.1 Å². The second kappa shape index (κ2) is 5.24. The van der Waals surface area contributed by atoms with Gasteiger partial charge in [-0.2, -0.15) is 5.10 Å². The molecule has 1 aliphatic carbocycles. The molecule has 7 nitrogen and oxygen atoms in total. The quantitative estimate of drug-likeness (QED) is 0.874. The number of hydrogen-bond acceptors (Lipinski definition) is 4. The minimum atomic E-state index is -0.343. The summed E-state index contributed by atoms with van der Waals surface area (Å²) in [6, 6.07) is 3.48. The van der Waals surface area contributed by atoms with Crippen LogP contribution >= 0.6 is 0 Å². The van der Waals surface area contributed by atoms with Crippen molar-refractivity contribution in [2.45, 2.75) is 37.8 Å². The minimum Gasteiger partial charge on any atom is -0.378 e. The van der Waals surface area contributed by atoms with Crippen LogP contribution in [0, 0.1) is 5.92 Å². The highest BCUT2D eigenvalue weighted by Crippen LogP contribution is 2.38.